The summed E-state index contributed by atoms with van der Waals surface area (Å²) in [5.74, 6) is 0.479. The van der Waals surface area contributed by atoms with Gasteiger partial charge >= 0.3 is 6.18 Å². The van der Waals surface area contributed by atoms with Crippen LogP contribution >= 0.6 is 0 Å². The maximum atomic E-state index is 13.4. The topological polar surface area (TPSA) is 49.8 Å². The van der Waals surface area contributed by atoms with Gasteiger partial charge in [0.05, 0.1) is 18.3 Å². The normalized spacial score (nSPS) is 29.1. The van der Waals surface area contributed by atoms with Gasteiger partial charge in [-0.25, -0.2) is 0 Å². The molecule has 3 fully saturated rings. The molecule has 1 saturated heterocycles. The Bertz CT molecular complexity index is 768. The summed E-state index contributed by atoms with van der Waals surface area (Å²) in [5.41, 5.74) is -0.913. The van der Waals surface area contributed by atoms with Gasteiger partial charge in [0.25, 0.3) is 0 Å². The van der Waals surface area contributed by atoms with Crippen LogP contribution in [-0.4, -0.2) is 41.7 Å². The molecule has 4 nitrogen and oxygen atoms in total. The monoisotopic (exact) mass is 397 g/mol. The summed E-state index contributed by atoms with van der Waals surface area (Å²) in [6.07, 6.45) is -1.22. The summed E-state index contributed by atoms with van der Waals surface area (Å²) < 4.78 is 45.0. The number of nitrogens with zero attached hydrogens (tertiary/aromatic N) is 1. The van der Waals surface area contributed by atoms with E-state index in [0.717, 1.165) is 18.9 Å². The van der Waals surface area contributed by atoms with Crippen molar-refractivity contribution in [3.8, 4) is 5.75 Å². The average Bonchev–Trinajstić information content (AvgIpc) is 2.52. The number of amides is 1. The lowest BCUT2D eigenvalue weighted by molar-refractivity contribution is -0.171. The van der Waals surface area contributed by atoms with E-state index >= 15 is 0 Å². The molecule has 1 aromatic carbocycles. The first kappa shape index (κ1) is 19.6. The molecule has 1 heterocycles. The fourth-order valence-corrected chi connectivity index (χ4v) is 5.36. The largest absolute Gasteiger partial charge is 0.497 e. The van der Waals surface area contributed by atoms with Crippen molar-refractivity contribution in [1.29, 1.82) is 0 Å². The highest BCUT2D eigenvalue weighted by molar-refractivity contribution is 5.81. The van der Waals surface area contributed by atoms with E-state index in [2.05, 4.69) is 0 Å². The molecule has 1 aromatic rings. The van der Waals surface area contributed by atoms with Crippen LogP contribution in [0.5, 0.6) is 5.75 Å². The summed E-state index contributed by atoms with van der Waals surface area (Å²) >= 11 is 0. The summed E-state index contributed by atoms with van der Waals surface area (Å²) in [4.78, 5) is 14.2. The number of methoxy groups -OCH3 is 1. The molecule has 1 aliphatic heterocycles. The lowest BCUT2D eigenvalue weighted by Crippen LogP contribution is -2.66. The standard InChI is InChI=1S/C21H26F3NO3/c1-19(27)9-15(10-19)18(26)25-11-20(12-25)7-13(8-20)5-14-3-4-16(28-2)6-17(14)21(22,23)24/h3-4,6,13,15,27H,5,7-12H2,1-2H3/t15-,19+. The Morgan fingerprint density at radius 1 is 1.25 bits per heavy atom. The molecule has 4 rings (SSSR count). The van der Waals surface area contributed by atoms with E-state index in [9.17, 15) is 23.1 Å². The van der Waals surface area contributed by atoms with Crippen LogP contribution in [-0.2, 0) is 17.4 Å². The molecule has 1 amide bonds. The zero-order valence-corrected chi connectivity index (χ0v) is 16.2. The van der Waals surface area contributed by atoms with E-state index in [0.29, 0.717) is 37.9 Å². The highest BCUT2D eigenvalue weighted by atomic mass is 19.4. The van der Waals surface area contributed by atoms with Gasteiger partial charge in [0.1, 0.15) is 5.75 Å². The molecule has 0 bridgehead atoms. The van der Waals surface area contributed by atoms with Crippen molar-refractivity contribution in [1.82, 2.24) is 4.90 Å². The number of benzene rings is 1. The van der Waals surface area contributed by atoms with Crippen LogP contribution in [0.1, 0.15) is 43.7 Å². The van der Waals surface area contributed by atoms with Gasteiger partial charge in [-0.1, -0.05) is 6.07 Å². The quantitative estimate of drug-likeness (QED) is 0.844. The summed E-state index contributed by atoms with van der Waals surface area (Å²) in [6, 6.07) is 4.17. The van der Waals surface area contributed by atoms with Crippen LogP contribution < -0.4 is 4.74 Å². The van der Waals surface area contributed by atoms with Gasteiger partial charge < -0.3 is 14.7 Å². The second-order valence-electron chi connectivity index (χ2n) is 9.30. The number of carbonyl (C=O) groups excluding carboxylic acids is 1. The number of alkyl halides is 3. The Balaban J connectivity index is 1.31. The molecule has 3 aliphatic rings. The first-order valence-electron chi connectivity index (χ1n) is 9.76. The minimum absolute atomic E-state index is 0.0723. The van der Waals surface area contributed by atoms with Crippen molar-refractivity contribution in [3.63, 3.8) is 0 Å². The first-order valence-corrected chi connectivity index (χ1v) is 9.76. The Morgan fingerprint density at radius 2 is 1.89 bits per heavy atom. The van der Waals surface area contributed by atoms with E-state index in [4.69, 9.17) is 4.74 Å². The first-order chi connectivity index (χ1) is 13.0. The van der Waals surface area contributed by atoms with Crippen molar-refractivity contribution in [3.05, 3.63) is 29.3 Å². The second-order valence-corrected chi connectivity index (χ2v) is 9.30. The maximum absolute atomic E-state index is 13.4. The molecule has 1 N–H and O–H groups in total. The third kappa shape index (κ3) is 3.49. The molecule has 0 aromatic heterocycles. The van der Waals surface area contributed by atoms with Crippen molar-refractivity contribution >= 4 is 5.91 Å². The van der Waals surface area contributed by atoms with Gasteiger partial charge in [-0.2, -0.15) is 13.2 Å². The number of hydrogen-bond donors (Lipinski definition) is 1. The minimum Gasteiger partial charge on any atom is -0.497 e. The predicted molar refractivity (Wildman–Crippen MR) is 96.8 cm³/mol. The molecule has 2 saturated carbocycles. The van der Waals surface area contributed by atoms with E-state index < -0.39 is 17.3 Å². The Hall–Kier alpha value is -1.76. The highest BCUT2D eigenvalue weighted by Crippen LogP contribution is 2.54. The van der Waals surface area contributed by atoms with Crippen LogP contribution in [0.4, 0.5) is 13.2 Å². The molecule has 1 spiro atoms. The number of rotatable bonds is 4. The number of aliphatic hydroxyl groups is 1. The fraction of sp³-hybridized carbons (Fsp3) is 0.667. The number of carbonyl (C=O) groups is 1. The Morgan fingerprint density at radius 3 is 2.43 bits per heavy atom. The predicted octanol–water partition coefficient (Wildman–Crippen LogP) is 3.66. The molecule has 2 aliphatic carbocycles. The maximum Gasteiger partial charge on any atom is 0.416 e. The smallest absolute Gasteiger partial charge is 0.416 e. The van der Waals surface area contributed by atoms with Crippen LogP contribution in [0.15, 0.2) is 18.2 Å². The van der Waals surface area contributed by atoms with Crippen molar-refractivity contribution in [2.45, 2.75) is 50.8 Å². The van der Waals surface area contributed by atoms with E-state index in [1.54, 1.807) is 13.0 Å². The lowest BCUT2D eigenvalue weighted by Gasteiger charge is -2.60. The zero-order valence-electron chi connectivity index (χ0n) is 16.2. The third-order valence-electron chi connectivity index (χ3n) is 6.66. The minimum atomic E-state index is -4.39. The van der Waals surface area contributed by atoms with E-state index in [1.807, 2.05) is 4.90 Å². The molecule has 7 heteroatoms. The Kier molecular flexibility index (Phi) is 4.45. The van der Waals surface area contributed by atoms with E-state index in [1.165, 1.54) is 13.2 Å². The van der Waals surface area contributed by atoms with Crippen molar-refractivity contribution in [2.75, 3.05) is 20.2 Å². The van der Waals surface area contributed by atoms with Crippen LogP contribution in [0.25, 0.3) is 0 Å². The summed E-state index contributed by atoms with van der Waals surface area (Å²) in [5, 5.41) is 9.79. The summed E-state index contributed by atoms with van der Waals surface area (Å²) in [6.45, 7) is 3.16. The van der Waals surface area contributed by atoms with Crippen LogP contribution in [0.3, 0.4) is 0 Å². The van der Waals surface area contributed by atoms with E-state index in [-0.39, 0.29) is 28.9 Å². The van der Waals surface area contributed by atoms with Crippen molar-refractivity contribution < 1.29 is 27.8 Å². The molecule has 0 atom stereocenters. The molecular weight excluding hydrogens is 371 g/mol. The third-order valence-corrected chi connectivity index (χ3v) is 6.66. The Labute approximate surface area is 162 Å². The molecule has 28 heavy (non-hydrogen) atoms. The number of ether oxygens (including phenoxy) is 1. The number of halogens is 3. The van der Waals surface area contributed by atoms with Gasteiger partial charge in [0, 0.05) is 24.4 Å². The van der Waals surface area contributed by atoms with Gasteiger partial charge in [0.15, 0.2) is 0 Å². The van der Waals surface area contributed by atoms with Crippen molar-refractivity contribution in [2.24, 2.45) is 17.3 Å². The van der Waals surface area contributed by atoms with Crippen LogP contribution in [0, 0.1) is 17.3 Å². The zero-order chi connectivity index (χ0) is 20.3. The SMILES string of the molecule is COc1ccc(CC2CC3(C2)CN(C(=O)[C@H]2C[C@@](C)(O)C2)C3)c(C(F)(F)F)c1. The average molecular weight is 397 g/mol. The highest BCUT2D eigenvalue weighted by Gasteiger charge is 2.55. The summed E-state index contributed by atoms with van der Waals surface area (Å²) in [7, 11) is 1.36. The number of likely N-dealkylation sites (tertiary alicyclic amines) is 1. The number of hydrogen-bond acceptors (Lipinski definition) is 3. The molecule has 0 radical (unpaired) electrons. The molecule has 154 valence electrons. The molecule has 0 unspecified atom stereocenters. The molecular formula is C21H26F3NO3. The second kappa shape index (κ2) is 6.37. The lowest BCUT2D eigenvalue weighted by atomic mass is 9.56. The van der Waals surface area contributed by atoms with Gasteiger partial charge in [0.2, 0.25) is 5.91 Å². The van der Waals surface area contributed by atoms with Gasteiger partial charge in [-0.3, -0.25) is 4.79 Å². The van der Waals surface area contributed by atoms with Crippen LogP contribution in [0.2, 0.25) is 0 Å². The van der Waals surface area contributed by atoms with Gasteiger partial charge in [-0.05, 0) is 62.6 Å². The van der Waals surface area contributed by atoms with Gasteiger partial charge in [-0.15, -0.1) is 0 Å². The fourth-order valence-electron chi connectivity index (χ4n) is 5.36.